The lowest BCUT2D eigenvalue weighted by Gasteiger charge is -2.44. The van der Waals surface area contributed by atoms with Crippen LogP contribution in [0.1, 0.15) is 22.0 Å². The highest BCUT2D eigenvalue weighted by atomic mass is 32.2. The average molecular weight is 281 g/mol. The highest BCUT2D eigenvalue weighted by molar-refractivity contribution is 7.96. The van der Waals surface area contributed by atoms with Crippen molar-refractivity contribution in [1.29, 1.82) is 0 Å². The number of β-lactam (4-membered cyclic amide) rings is 1. The van der Waals surface area contributed by atoms with Gasteiger partial charge in [0.15, 0.2) is 6.10 Å². The molecule has 0 spiro atoms. The van der Waals surface area contributed by atoms with Crippen molar-refractivity contribution in [3.05, 3.63) is 35.4 Å². The van der Waals surface area contributed by atoms with Crippen LogP contribution in [0.3, 0.4) is 0 Å². The number of hydrogen-bond donors (Lipinski definition) is 0. The zero-order chi connectivity index (χ0) is 14.0. The molecule has 1 aromatic rings. The summed E-state index contributed by atoms with van der Waals surface area (Å²) in [6.45, 7) is 0. The molecule has 1 amide bonds. The number of ether oxygens (including phenoxy) is 2. The van der Waals surface area contributed by atoms with Gasteiger partial charge in [-0.1, -0.05) is 24.1 Å². The molecule has 0 radical (unpaired) electrons. The summed E-state index contributed by atoms with van der Waals surface area (Å²) in [6.07, 6.45) is 1.40. The van der Waals surface area contributed by atoms with Gasteiger partial charge in [0.1, 0.15) is 6.04 Å². The molecular weight excluding hydrogens is 266 g/mol. The Balaban J connectivity index is 2.22. The number of nitrogens with zero attached hydrogens (tertiary/aromatic N) is 1. The van der Waals surface area contributed by atoms with Crippen molar-refractivity contribution in [1.82, 2.24) is 4.31 Å². The van der Waals surface area contributed by atoms with Gasteiger partial charge in [0.25, 0.3) is 5.91 Å². The minimum atomic E-state index is -0.448. The summed E-state index contributed by atoms with van der Waals surface area (Å²) in [4.78, 5) is 23.1. The van der Waals surface area contributed by atoms with E-state index in [-0.39, 0.29) is 17.9 Å². The number of benzene rings is 1. The van der Waals surface area contributed by atoms with Crippen molar-refractivity contribution in [2.75, 3.05) is 20.5 Å². The van der Waals surface area contributed by atoms with E-state index in [1.165, 1.54) is 26.2 Å². The second kappa shape index (κ2) is 5.63. The summed E-state index contributed by atoms with van der Waals surface area (Å²) in [7, 11) is 2.87. The normalized spacial score (nSPS) is 22.1. The molecule has 1 aromatic carbocycles. The van der Waals surface area contributed by atoms with Crippen LogP contribution in [0, 0.1) is 0 Å². The Morgan fingerprint density at radius 3 is 2.37 bits per heavy atom. The smallest absolute Gasteiger partial charge is 0.337 e. The molecule has 0 aliphatic carbocycles. The maximum absolute atomic E-state index is 11.7. The zero-order valence-corrected chi connectivity index (χ0v) is 11.8. The lowest BCUT2D eigenvalue weighted by atomic mass is 9.93. The summed E-state index contributed by atoms with van der Waals surface area (Å²) in [5, 5.41) is 0. The molecule has 0 aromatic heterocycles. The molecule has 19 heavy (non-hydrogen) atoms. The number of carbonyl (C=O) groups excluding carboxylic acids is 2. The minimum Gasteiger partial charge on any atom is -0.465 e. The highest BCUT2D eigenvalue weighted by Crippen LogP contribution is 2.40. The number of carbonyl (C=O) groups is 2. The van der Waals surface area contributed by atoms with Crippen LogP contribution in [-0.4, -0.2) is 42.8 Å². The lowest BCUT2D eigenvalue weighted by molar-refractivity contribution is -0.158. The number of hydrogen-bond acceptors (Lipinski definition) is 5. The molecule has 6 heteroatoms. The van der Waals surface area contributed by atoms with Gasteiger partial charge in [0, 0.05) is 13.4 Å². The Labute approximate surface area is 116 Å². The monoisotopic (exact) mass is 281 g/mol. The van der Waals surface area contributed by atoms with Crippen LogP contribution in [0.5, 0.6) is 0 Å². The zero-order valence-electron chi connectivity index (χ0n) is 11.0. The van der Waals surface area contributed by atoms with Gasteiger partial charge in [-0.25, -0.2) is 4.79 Å². The number of esters is 1. The molecule has 2 atom stereocenters. The van der Waals surface area contributed by atoms with E-state index in [1.807, 2.05) is 18.4 Å². The third-order valence-electron chi connectivity index (χ3n) is 3.12. The summed E-state index contributed by atoms with van der Waals surface area (Å²) in [5.41, 5.74) is 1.43. The van der Waals surface area contributed by atoms with Crippen molar-refractivity contribution < 1.29 is 19.1 Å². The van der Waals surface area contributed by atoms with E-state index < -0.39 is 6.10 Å². The molecule has 1 fully saturated rings. The molecular formula is C13H15NO4S. The molecule has 0 bridgehead atoms. The molecule has 1 aliphatic rings. The van der Waals surface area contributed by atoms with Crippen LogP contribution in [0.2, 0.25) is 0 Å². The first-order valence-corrected chi connectivity index (χ1v) is 6.90. The summed E-state index contributed by atoms with van der Waals surface area (Å²) < 4.78 is 11.5. The Kier molecular flexibility index (Phi) is 4.11. The third kappa shape index (κ3) is 2.33. The van der Waals surface area contributed by atoms with Crippen molar-refractivity contribution in [3.63, 3.8) is 0 Å². The van der Waals surface area contributed by atoms with Crippen LogP contribution in [0.25, 0.3) is 0 Å². The van der Waals surface area contributed by atoms with Crippen molar-refractivity contribution in [2.45, 2.75) is 12.1 Å². The topological polar surface area (TPSA) is 55.8 Å². The summed E-state index contributed by atoms with van der Waals surface area (Å²) in [5.74, 6) is -0.404. The largest absolute Gasteiger partial charge is 0.465 e. The number of methoxy groups -OCH3 is 2. The predicted octanol–water partition coefficient (Wildman–Crippen LogP) is 1.65. The van der Waals surface area contributed by atoms with Crippen LogP contribution < -0.4 is 0 Å². The standard InChI is InChI=1S/C13H15NO4S/c1-17-11-10(14(19-3)12(11)15)8-4-6-9(7-5-8)13(16)18-2/h4-7,10-11H,1-3H3. The molecule has 102 valence electrons. The van der Waals surface area contributed by atoms with E-state index in [2.05, 4.69) is 4.74 Å². The SMILES string of the molecule is COC(=O)c1ccc(C2C(OC)C(=O)N2SC)cc1. The highest BCUT2D eigenvalue weighted by Gasteiger charge is 2.48. The molecule has 2 rings (SSSR count). The van der Waals surface area contributed by atoms with Crippen LogP contribution >= 0.6 is 11.9 Å². The van der Waals surface area contributed by atoms with E-state index in [0.29, 0.717) is 5.56 Å². The van der Waals surface area contributed by atoms with Crippen molar-refractivity contribution in [2.24, 2.45) is 0 Å². The number of amides is 1. The summed E-state index contributed by atoms with van der Waals surface area (Å²) in [6, 6.07) is 6.90. The second-order valence-electron chi connectivity index (χ2n) is 4.06. The molecule has 1 saturated heterocycles. The van der Waals surface area contributed by atoms with E-state index in [1.54, 1.807) is 16.4 Å². The first-order chi connectivity index (χ1) is 9.13. The van der Waals surface area contributed by atoms with Gasteiger partial charge in [-0.05, 0) is 17.7 Å². The molecule has 0 N–H and O–H groups in total. The van der Waals surface area contributed by atoms with Gasteiger partial charge in [-0.3, -0.25) is 9.10 Å². The Morgan fingerprint density at radius 1 is 1.26 bits per heavy atom. The maximum Gasteiger partial charge on any atom is 0.337 e. The molecule has 1 heterocycles. The Bertz CT molecular complexity index is 474. The van der Waals surface area contributed by atoms with Gasteiger partial charge in [-0.2, -0.15) is 0 Å². The van der Waals surface area contributed by atoms with Gasteiger partial charge < -0.3 is 9.47 Å². The van der Waals surface area contributed by atoms with Crippen molar-refractivity contribution >= 4 is 23.8 Å². The summed E-state index contributed by atoms with van der Waals surface area (Å²) >= 11 is 1.37. The van der Waals surface area contributed by atoms with E-state index in [0.717, 1.165) is 5.56 Å². The Hall–Kier alpha value is -1.53. The maximum atomic E-state index is 11.7. The van der Waals surface area contributed by atoms with E-state index >= 15 is 0 Å². The van der Waals surface area contributed by atoms with Gasteiger partial charge in [0.05, 0.1) is 12.7 Å². The van der Waals surface area contributed by atoms with Crippen LogP contribution in [0.4, 0.5) is 0 Å². The molecule has 1 aliphatic heterocycles. The second-order valence-corrected chi connectivity index (χ2v) is 4.82. The van der Waals surface area contributed by atoms with Gasteiger partial charge >= 0.3 is 5.97 Å². The molecule has 0 saturated carbocycles. The van der Waals surface area contributed by atoms with Crippen LogP contribution in [-0.2, 0) is 14.3 Å². The fraction of sp³-hybridized carbons (Fsp3) is 0.385. The average Bonchev–Trinajstić information content (AvgIpc) is 2.45. The lowest BCUT2D eigenvalue weighted by Crippen LogP contribution is -2.55. The quantitative estimate of drug-likeness (QED) is 0.477. The van der Waals surface area contributed by atoms with Gasteiger partial charge in [0.2, 0.25) is 0 Å². The minimum absolute atomic E-state index is 0.0305. The van der Waals surface area contributed by atoms with E-state index in [9.17, 15) is 9.59 Å². The predicted molar refractivity (Wildman–Crippen MR) is 71.7 cm³/mol. The van der Waals surface area contributed by atoms with Gasteiger partial charge in [-0.15, -0.1) is 0 Å². The third-order valence-corrected chi connectivity index (χ3v) is 3.92. The first kappa shape index (κ1) is 13.9. The van der Waals surface area contributed by atoms with Crippen LogP contribution in [0.15, 0.2) is 24.3 Å². The fourth-order valence-corrected chi connectivity index (χ4v) is 2.86. The first-order valence-electron chi connectivity index (χ1n) is 5.72. The van der Waals surface area contributed by atoms with E-state index in [4.69, 9.17) is 4.74 Å². The molecule has 2 unspecified atom stereocenters. The molecule has 5 nitrogen and oxygen atoms in total. The Morgan fingerprint density at radius 2 is 1.89 bits per heavy atom. The number of rotatable bonds is 4. The fourth-order valence-electron chi connectivity index (χ4n) is 2.12. The van der Waals surface area contributed by atoms with Crippen molar-refractivity contribution in [3.8, 4) is 0 Å².